The van der Waals surface area contributed by atoms with E-state index in [9.17, 15) is 13.2 Å². The number of thiocarbonyl (C=S) groups is 1. The number of nitrogens with one attached hydrogen (secondary N) is 2. The van der Waals surface area contributed by atoms with Crippen LogP contribution in [0, 0.1) is 0 Å². The van der Waals surface area contributed by atoms with E-state index in [4.69, 9.17) is 33.3 Å². The fourth-order valence-electron chi connectivity index (χ4n) is 2.60. The van der Waals surface area contributed by atoms with E-state index < -0.39 is 11.7 Å². The molecule has 0 aliphatic carbocycles. The van der Waals surface area contributed by atoms with Crippen LogP contribution in [0.15, 0.2) is 36.4 Å². The van der Waals surface area contributed by atoms with Gasteiger partial charge in [0, 0.05) is 5.69 Å². The van der Waals surface area contributed by atoms with Crippen LogP contribution < -0.4 is 20.1 Å². The van der Waals surface area contributed by atoms with E-state index in [1.54, 1.807) is 0 Å². The van der Waals surface area contributed by atoms with Gasteiger partial charge in [-0.3, -0.25) is 0 Å². The van der Waals surface area contributed by atoms with Crippen LogP contribution in [0.4, 0.5) is 18.9 Å². The lowest BCUT2D eigenvalue weighted by Crippen LogP contribution is -2.31. The lowest BCUT2D eigenvalue weighted by atomic mass is 10.1. The monoisotopic (exact) mass is 446 g/mol. The number of halogens is 4. The summed E-state index contributed by atoms with van der Waals surface area (Å²) in [7, 11) is 0. The molecule has 9 heteroatoms. The van der Waals surface area contributed by atoms with Crippen LogP contribution in [-0.4, -0.2) is 18.3 Å². The summed E-state index contributed by atoms with van der Waals surface area (Å²) in [4.78, 5) is 0. The fraction of sp³-hybridized carbons (Fsp3) is 0.350. The Morgan fingerprint density at radius 2 is 1.72 bits per heavy atom. The quantitative estimate of drug-likeness (QED) is 0.495. The molecule has 1 unspecified atom stereocenters. The van der Waals surface area contributed by atoms with Gasteiger partial charge in [0.1, 0.15) is 0 Å². The zero-order valence-corrected chi connectivity index (χ0v) is 17.8. The van der Waals surface area contributed by atoms with Crippen molar-refractivity contribution in [2.45, 2.75) is 33.0 Å². The van der Waals surface area contributed by atoms with Crippen LogP contribution in [0.1, 0.15) is 37.9 Å². The Hall–Kier alpha value is -2.19. The molecule has 2 rings (SSSR count). The van der Waals surface area contributed by atoms with Crippen LogP contribution in [-0.2, 0) is 6.18 Å². The smallest absolute Gasteiger partial charge is 0.417 e. The number of anilines is 1. The molecule has 158 valence electrons. The van der Waals surface area contributed by atoms with E-state index in [-0.39, 0.29) is 21.9 Å². The van der Waals surface area contributed by atoms with Gasteiger partial charge in [-0.15, -0.1) is 0 Å². The molecule has 29 heavy (non-hydrogen) atoms. The van der Waals surface area contributed by atoms with Gasteiger partial charge in [-0.1, -0.05) is 17.7 Å². The number of alkyl halides is 3. The molecule has 4 nitrogen and oxygen atoms in total. The summed E-state index contributed by atoms with van der Waals surface area (Å²) >= 11 is 10.9. The van der Waals surface area contributed by atoms with Crippen molar-refractivity contribution >= 4 is 34.6 Å². The SMILES string of the molecule is CCOc1ccc(C(C)NC(=S)Nc2ccc(Cl)c(C(F)(F)F)c2)cc1OCC. The third-order valence-corrected chi connectivity index (χ3v) is 4.49. The maximum Gasteiger partial charge on any atom is 0.417 e. The van der Waals surface area contributed by atoms with Crippen molar-refractivity contribution in [1.82, 2.24) is 5.32 Å². The van der Waals surface area contributed by atoms with E-state index in [1.807, 2.05) is 39.0 Å². The number of rotatable bonds is 7. The van der Waals surface area contributed by atoms with Crippen molar-refractivity contribution in [1.29, 1.82) is 0 Å². The number of hydrogen-bond donors (Lipinski definition) is 2. The predicted molar refractivity (Wildman–Crippen MR) is 113 cm³/mol. The summed E-state index contributed by atoms with van der Waals surface area (Å²) in [6.07, 6.45) is -4.55. The van der Waals surface area contributed by atoms with Crippen LogP contribution in [0.25, 0.3) is 0 Å². The summed E-state index contributed by atoms with van der Waals surface area (Å²) in [5, 5.41) is 5.62. The zero-order chi connectivity index (χ0) is 21.6. The molecule has 0 saturated carbocycles. The lowest BCUT2D eigenvalue weighted by molar-refractivity contribution is -0.137. The van der Waals surface area contributed by atoms with Crippen LogP contribution in [0.5, 0.6) is 11.5 Å². The van der Waals surface area contributed by atoms with Gasteiger partial charge in [-0.2, -0.15) is 13.2 Å². The van der Waals surface area contributed by atoms with E-state index in [0.29, 0.717) is 24.7 Å². The van der Waals surface area contributed by atoms with Crippen molar-refractivity contribution in [2.24, 2.45) is 0 Å². The van der Waals surface area contributed by atoms with Crippen LogP contribution >= 0.6 is 23.8 Å². The van der Waals surface area contributed by atoms with Gasteiger partial charge in [0.2, 0.25) is 0 Å². The first kappa shape index (κ1) is 23.1. The largest absolute Gasteiger partial charge is 0.490 e. The molecule has 0 bridgehead atoms. The van der Waals surface area contributed by atoms with Crippen molar-refractivity contribution in [3.8, 4) is 11.5 Å². The Kier molecular flexibility index (Phi) is 7.98. The molecule has 0 spiro atoms. The fourth-order valence-corrected chi connectivity index (χ4v) is 3.12. The van der Waals surface area contributed by atoms with E-state index in [2.05, 4.69) is 10.6 Å². The number of benzene rings is 2. The summed E-state index contributed by atoms with van der Waals surface area (Å²) in [5.41, 5.74) is 0.147. The second-order valence-electron chi connectivity index (χ2n) is 6.08. The molecule has 0 fully saturated rings. The topological polar surface area (TPSA) is 42.5 Å². The van der Waals surface area contributed by atoms with Crippen LogP contribution in [0.2, 0.25) is 5.02 Å². The molecule has 2 aromatic rings. The highest BCUT2D eigenvalue weighted by Gasteiger charge is 2.33. The molecule has 0 heterocycles. The van der Waals surface area contributed by atoms with Crippen molar-refractivity contribution in [2.75, 3.05) is 18.5 Å². The van der Waals surface area contributed by atoms with Crippen molar-refractivity contribution in [3.63, 3.8) is 0 Å². The molecule has 2 N–H and O–H groups in total. The molecular weight excluding hydrogens is 425 g/mol. The molecule has 0 saturated heterocycles. The van der Waals surface area contributed by atoms with E-state index >= 15 is 0 Å². The second-order valence-corrected chi connectivity index (χ2v) is 6.90. The van der Waals surface area contributed by atoms with Gasteiger partial charge >= 0.3 is 6.18 Å². The van der Waals surface area contributed by atoms with E-state index in [1.165, 1.54) is 12.1 Å². The molecule has 0 aromatic heterocycles. The Labute approximate surface area is 178 Å². The average Bonchev–Trinajstić information content (AvgIpc) is 2.64. The summed E-state index contributed by atoms with van der Waals surface area (Å²) in [5.74, 6) is 1.26. The van der Waals surface area contributed by atoms with Crippen molar-refractivity contribution in [3.05, 3.63) is 52.5 Å². The standard InChI is InChI=1S/C20H22ClF3N2O2S/c1-4-27-17-9-6-13(10-18(17)28-5-2)12(3)25-19(29)26-14-7-8-16(21)15(11-14)20(22,23)24/h6-12H,4-5H2,1-3H3,(H2,25,26,29). The Morgan fingerprint density at radius 1 is 1.07 bits per heavy atom. The van der Waals surface area contributed by atoms with Gasteiger partial charge in [0.15, 0.2) is 16.6 Å². The Bertz CT molecular complexity index is 862. The minimum absolute atomic E-state index is 0.180. The first-order chi connectivity index (χ1) is 13.7. The van der Waals surface area contributed by atoms with E-state index in [0.717, 1.165) is 11.6 Å². The summed E-state index contributed by atoms with van der Waals surface area (Å²) in [6, 6.07) is 8.84. The van der Waals surface area contributed by atoms with Gasteiger partial charge in [-0.25, -0.2) is 0 Å². The highest BCUT2D eigenvalue weighted by atomic mass is 35.5. The first-order valence-electron chi connectivity index (χ1n) is 8.99. The third-order valence-electron chi connectivity index (χ3n) is 3.94. The molecule has 1 atom stereocenters. The van der Waals surface area contributed by atoms with Gasteiger partial charge in [0.05, 0.1) is 29.8 Å². The number of ether oxygens (including phenoxy) is 2. The second kappa shape index (κ2) is 10.0. The highest BCUT2D eigenvalue weighted by Crippen LogP contribution is 2.36. The maximum absolute atomic E-state index is 13.0. The summed E-state index contributed by atoms with van der Waals surface area (Å²) < 4.78 is 50.2. The average molecular weight is 447 g/mol. The molecule has 0 aliphatic heterocycles. The minimum atomic E-state index is -4.55. The predicted octanol–water partition coefficient (Wildman–Crippen LogP) is 6.20. The first-order valence-corrected chi connectivity index (χ1v) is 9.78. The normalized spacial score (nSPS) is 12.2. The minimum Gasteiger partial charge on any atom is -0.490 e. The lowest BCUT2D eigenvalue weighted by Gasteiger charge is -2.20. The van der Waals surface area contributed by atoms with Gasteiger partial charge in [0.25, 0.3) is 0 Å². The Morgan fingerprint density at radius 3 is 2.34 bits per heavy atom. The maximum atomic E-state index is 13.0. The molecule has 0 amide bonds. The van der Waals surface area contributed by atoms with Crippen LogP contribution in [0.3, 0.4) is 0 Å². The zero-order valence-electron chi connectivity index (χ0n) is 16.2. The Balaban J connectivity index is 2.10. The molecular formula is C20H22ClF3N2O2S. The molecule has 2 aromatic carbocycles. The number of hydrogen-bond acceptors (Lipinski definition) is 3. The van der Waals surface area contributed by atoms with Crippen molar-refractivity contribution < 1.29 is 22.6 Å². The summed E-state index contributed by atoms with van der Waals surface area (Å²) in [6.45, 7) is 6.65. The molecule has 0 aliphatic rings. The third kappa shape index (κ3) is 6.40. The van der Waals surface area contributed by atoms with Gasteiger partial charge in [-0.05, 0) is 68.9 Å². The van der Waals surface area contributed by atoms with Gasteiger partial charge < -0.3 is 20.1 Å². The highest BCUT2D eigenvalue weighted by molar-refractivity contribution is 7.80. The molecule has 0 radical (unpaired) electrons.